The Morgan fingerprint density at radius 2 is 1.87 bits per heavy atom. The molecule has 1 atom stereocenters. The molecule has 2 rings (SSSR count). The fourth-order valence-corrected chi connectivity index (χ4v) is 2.22. The van der Waals surface area contributed by atoms with Gasteiger partial charge >= 0.3 is 0 Å². The van der Waals surface area contributed by atoms with Crippen LogP contribution in [0.4, 0.5) is 0 Å². The number of aryl methyl sites for hydroxylation is 2. The largest absolute Gasteiger partial charge is 0.496 e. The Morgan fingerprint density at radius 3 is 2.57 bits per heavy atom. The lowest BCUT2D eigenvalue weighted by molar-refractivity contribution is -0.127. The Balaban J connectivity index is 1.93. The molecule has 0 aromatic heterocycles. The van der Waals surface area contributed by atoms with E-state index in [4.69, 9.17) is 9.47 Å². The molecule has 0 fully saturated rings. The Labute approximate surface area is 137 Å². The van der Waals surface area contributed by atoms with Gasteiger partial charge in [0, 0.05) is 12.1 Å². The van der Waals surface area contributed by atoms with Crippen LogP contribution in [0.2, 0.25) is 0 Å². The zero-order chi connectivity index (χ0) is 16.8. The molecule has 0 bridgehead atoms. The zero-order valence-electron chi connectivity index (χ0n) is 14.1. The lowest BCUT2D eigenvalue weighted by Crippen LogP contribution is -2.36. The van der Waals surface area contributed by atoms with Crippen LogP contribution in [0, 0.1) is 13.8 Å². The Bertz CT molecular complexity index is 682. The van der Waals surface area contributed by atoms with Gasteiger partial charge in [-0.15, -0.1) is 0 Å². The van der Waals surface area contributed by atoms with E-state index in [0.717, 1.165) is 16.9 Å². The van der Waals surface area contributed by atoms with Crippen molar-refractivity contribution in [3.63, 3.8) is 0 Å². The summed E-state index contributed by atoms with van der Waals surface area (Å²) in [6, 6.07) is 13.4. The van der Waals surface area contributed by atoms with Gasteiger partial charge in [0.2, 0.25) is 0 Å². The van der Waals surface area contributed by atoms with E-state index in [2.05, 4.69) is 5.32 Å². The molecule has 4 nitrogen and oxygen atoms in total. The monoisotopic (exact) mass is 313 g/mol. The van der Waals surface area contributed by atoms with Crippen molar-refractivity contribution in [1.82, 2.24) is 5.32 Å². The van der Waals surface area contributed by atoms with Gasteiger partial charge in [-0.05, 0) is 50.1 Å². The summed E-state index contributed by atoms with van der Waals surface area (Å²) in [6.45, 7) is 6.22. The van der Waals surface area contributed by atoms with Crippen LogP contribution < -0.4 is 14.8 Å². The maximum atomic E-state index is 12.2. The third-order valence-electron chi connectivity index (χ3n) is 3.81. The van der Waals surface area contributed by atoms with Crippen molar-refractivity contribution < 1.29 is 14.3 Å². The summed E-state index contributed by atoms with van der Waals surface area (Å²) in [5.41, 5.74) is 3.27. The molecule has 0 saturated heterocycles. The van der Waals surface area contributed by atoms with Crippen molar-refractivity contribution in [2.75, 3.05) is 7.11 Å². The number of carbonyl (C=O) groups excluding carboxylic acids is 1. The Hall–Kier alpha value is -2.49. The van der Waals surface area contributed by atoms with Crippen molar-refractivity contribution in [2.24, 2.45) is 0 Å². The highest BCUT2D eigenvalue weighted by atomic mass is 16.5. The second-order valence-electron chi connectivity index (χ2n) is 5.54. The van der Waals surface area contributed by atoms with Crippen molar-refractivity contribution in [1.29, 1.82) is 0 Å². The molecule has 0 spiro atoms. The highest BCUT2D eigenvalue weighted by molar-refractivity contribution is 5.80. The molecule has 4 heteroatoms. The summed E-state index contributed by atoms with van der Waals surface area (Å²) in [5.74, 6) is 1.30. The maximum absolute atomic E-state index is 12.2. The number of carbonyl (C=O) groups is 1. The van der Waals surface area contributed by atoms with Crippen LogP contribution in [-0.2, 0) is 11.3 Å². The molecule has 0 unspecified atom stereocenters. The molecule has 0 saturated carbocycles. The molecule has 0 radical (unpaired) electrons. The maximum Gasteiger partial charge on any atom is 0.261 e. The van der Waals surface area contributed by atoms with Gasteiger partial charge in [0.05, 0.1) is 7.11 Å². The minimum absolute atomic E-state index is 0.158. The number of rotatable bonds is 6. The standard InChI is InChI=1S/C19H23NO3/c1-13-9-10-17(11-14(13)2)23-15(3)19(21)20-12-16-7-5-6-8-18(16)22-4/h5-11,15H,12H2,1-4H3,(H,20,21)/t15-/m1/s1. The summed E-state index contributed by atoms with van der Waals surface area (Å²) in [5, 5.41) is 2.88. The number of para-hydroxylation sites is 1. The van der Waals surface area contributed by atoms with E-state index in [-0.39, 0.29) is 5.91 Å². The van der Waals surface area contributed by atoms with Crippen LogP contribution in [0.15, 0.2) is 42.5 Å². The van der Waals surface area contributed by atoms with E-state index in [1.165, 1.54) is 5.56 Å². The average Bonchev–Trinajstić information content (AvgIpc) is 2.56. The van der Waals surface area contributed by atoms with Crippen molar-refractivity contribution in [3.8, 4) is 11.5 Å². The van der Waals surface area contributed by atoms with Crippen LogP contribution >= 0.6 is 0 Å². The van der Waals surface area contributed by atoms with Crippen molar-refractivity contribution in [3.05, 3.63) is 59.2 Å². The second-order valence-corrected chi connectivity index (χ2v) is 5.54. The quantitative estimate of drug-likeness (QED) is 0.889. The summed E-state index contributed by atoms with van der Waals surface area (Å²) in [4.78, 5) is 12.2. The molecule has 0 aliphatic rings. The molecule has 2 aromatic carbocycles. The molecule has 1 N–H and O–H groups in total. The highest BCUT2D eigenvalue weighted by Gasteiger charge is 2.15. The minimum atomic E-state index is -0.563. The first-order valence-electron chi connectivity index (χ1n) is 7.64. The van der Waals surface area contributed by atoms with Gasteiger partial charge in [0.25, 0.3) is 5.91 Å². The van der Waals surface area contributed by atoms with Gasteiger partial charge in [0.15, 0.2) is 6.10 Å². The lowest BCUT2D eigenvalue weighted by Gasteiger charge is -2.16. The minimum Gasteiger partial charge on any atom is -0.496 e. The number of methoxy groups -OCH3 is 1. The SMILES string of the molecule is COc1ccccc1CNC(=O)[C@@H](C)Oc1ccc(C)c(C)c1. The number of hydrogen-bond donors (Lipinski definition) is 1. The molecule has 0 aliphatic heterocycles. The number of amides is 1. The predicted molar refractivity (Wildman–Crippen MR) is 90.8 cm³/mol. The van der Waals surface area contributed by atoms with Gasteiger partial charge in [-0.1, -0.05) is 24.3 Å². The van der Waals surface area contributed by atoms with Crippen LogP contribution in [0.3, 0.4) is 0 Å². The predicted octanol–water partition coefficient (Wildman–Crippen LogP) is 3.40. The van der Waals surface area contributed by atoms with Gasteiger partial charge < -0.3 is 14.8 Å². The highest BCUT2D eigenvalue weighted by Crippen LogP contribution is 2.19. The first-order chi connectivity index (χ1) is 11.0. The topological polar surface area (TPSA) is 47.6 Å². The van der Waals surface area contributed by atoms with E-state index in [1.54, 1.807) is 14.0 Å². The molecule has 2 aromatic rings. The molecule has 122 valence electrons. The van der Waals surface area contributed by atoms with E-state index in [0.29, 0.717) is 12.3 Å². The normalized spacial score (nSPS) is 11.7. The third-order valence-corrected chi connectivity index (χ3v) is 3.81. The van der Waals surface area contributed by atoms with Crippen molar-refractivity contribution in [2.45, 2.75) is 33.4 Å². The van der Waals surface area contributed by atoms with E-state index >= 15 is 0 Å². The average molecular weight is 313 g/mol. The molecular formula is C19H23NO3. The summed E-state index contributed by atoms with van der Waals surface area (Å²) >= 11 is 0. The van der Waals surface area contributed by atoms with E-state index < -0.39 is 6.10 Å². The summed E-state index contributed by atoms with van der Waals surface area (Å²) in [6.07, 6.45) is -0.563. The molecular weight excluding hydrogens is 290 g/mol. The van der Waals surface area contributed by atoms with Gasteiger partial charge in [-0.2, -0.15) is 0 Å². The van der Waals surface area contributed by atoms with E-state index in [1.807, 2.05) is 56.3 Å². The lowest BCUT2D eigenvalue weighted by atomic mass is 10.1. The second kappa shape index (κ2) is 7.68. The van der Waals surface area contributed by atoms with Crippen LogP contribution in [0.25, 0.3) is 0 Å². The summed E-state index contributed by atoms with van der Waals surface area (Å²) in [7, 11) is 1.62. The zero-order valence-corrected chi connectivity index (χ0v) is 14.1. The van der Waals surface area contributed by atoms with Gasteiger partial charge in [-0.25, -0.2) is 0 Å². The first kappa shape index (κ1) is 16.9. The van der Waals surface area contributed by atoms with Crippen LogP contribution in [-0.4, -0.2) is 19.1 Å². The van der Waals surface area contributed by atoms with E-state index in [9.17, 15) is 4.79 Å². The van der Waals surface area contributed by atoms with Gasteiger partial charge in [-0.3, -0.25) is 4.79 Å². The number of ether oxygens (including phenoxy) is 2. The van der Waals surface area contributed by atoms with Crippen molar-refractivity contribution >= 4 is 5.91 Å². The molecule has 0 heterocycles. The molecule has 0 aliphatic carbocycles. The number of nitrogens with one attached hydrogen (secondary N) is 1. The Morgan fingerprint density at radius 1 is 1.13 bits per heavy atom. The fourth-order valence-electron chi connectivity index (χ4n) is 2.22. The third kappa shape index (κ3) is 4.49. The van der Waals surface area contributed by atoms with Crippen LogP contribution in [0.1, 0.15) is 23.6 Å². The number of benzene rings is 2. The van der Waals surface area contributed by atoms with Gasteiger partial charge in [0.1, 0.15) is 11.5 Å². The van der Waals surface area contributed by atoms with Crippen LogP contribution in [0.5, 0.6) is 11.5 Å². The Kier molecular flexibility index (Phi) is 5.63. The fraction of sp³-hybridized carbons (Fsp3) is 0.316. The molecule has 1 amide bonds. The number of hydrogen-bond acceptors (Lipinski definition) is 3. The summed E-state index contributed by atoms with van der Waals surface area (Å²) < 4.78 is 11.0. The smallest absolute Gasteiger partial charge is 0.261 e. The first-order valence-corrected chi connectivity index (χ1v) is 7.64. The molecule has 23 heavy (non-hydrogen) atoms.